The standard InChI is InChI=1S/C22H22N2O4S/c25-21-13-16(10-12-28-21)9-11-23-20-8-4-5-17-14-19(15-24-22(17)20)29(26,27)18-6-2-1-3-7-18/h1-8,14-16,23H,9-13H2. The average molecular weight is 410 g/mol. The highest BCUT2D eigenvalue weighted by Crippen LogP contribution is 2.27. The first-order valence-electron chi connectivity index (χ1n) is 9.62. The van der Waals surface area contributed by atoms with Crippen molar-refractivity contribution in [3.63, 3.8) is 0 Å². The maximum atomic E-state index is 12.8. The summed E-state index contributed by atoms with van der Waals surface area (Å²) in [4.78, 5) is 16.3. The van der Waals surface area contributed by atoms with Crippen molar-refractivity contribution in [2.75, 3.05) is 18.5 Å². The van der Waals surface area contributed by atoms with Gasteiger partial charge in [-0.1, -0.05) is 30.3 Å². The number of cyclic esters (lactones) is 1. The van der Waals surface area contributed by atoms with Gasteiger partial charge in [-0.05, 0) is 43.0 Å². The van der Waals surface area contributed by atoms with Gasteiger partial charge in [0.25, 0.3) is 0 Å². The van der Waals surface area contributed by atoms with Crippen LogP contribution >= 0.6 is 0 Å². The Balaban J connectivity index is 1.53. The smallest absolute Gasteiger partial charge is 0.306 e. The second-order valence-electron chi connectivity index (χ2n) is 7.16. The van der Waals surface area contributed by atoms with Crippen molar-refractivity contribution in [3.05, 3.63) is 60.8 Å². The number of esters is 1. The van der Waals surface area contributed by atoms with E-state index in [4.69, 9.17) is 4.74 Å². The molecule has 1 aromatic heterocycles. The third-order valence-corrected chi connectivity index (χ3v) is 6.90. The van der Waals surface area contributed by atoms with Crippen molar-refractivity contribution in [1.82, 2.24) is 4.98 Å². The molecule has 0 aliphatic carbocycles. The maximum absolute atomic E-state index is 12.8. The Kier molecular flexibility index (Phi) is 5.49. The van der Waals surface area contributed by atoms with Crippen LogP contribution in [-0.4, -0.2) is 32.5 Å². The van der Waals surface area contributed by atoms with E-state index in [1.807, 2.05) is 18.2 Å². The van der Waals surface area contributed by atoms with Crippen LogP contribution < -0.4 is 5.32 Å². The number of benzene rings is 2. The molecule has 1 saturated heterocycles. The molecule has 1 aliphatic rings. The Bertz CT molecular complexity index is 1130. The molecule has 0 bridgehead atoms. The lowest BCUT2D eigenvalue weighted by Crippen LogP contribution is -2.22. The second-order valence-corrected chi connectivity index (χ2v) is 9.11. The monoisotopic (exact) mass is 410 g/mol. The van der Waals surface area contributed by atoms with Crippen LogP contribution in [0.1, 0.15) is 19.3 Å². The normalized spacial score (nSPS) is 17.1. The molecule has 0 spiro atoms. The van der Waals surface area contributed by atoms with Crippen LogP contribution in [-0.2, 0) is 19.4 Å². The number of para-hydroxylation sites is 1. The summed E-state index contributed by atoms with van der Waals surface area (Å²) in [6, 6.07) is 15.7. The number of carbonyl (C=O) groups excluding carboxylic acids is 1. The molecule has 3 aromatic rings. The van der Waals surface area contributed by atoms with Gasteiger partial charge >= 0.3 is 5.97 Å². The molecular weight excluding hydrogens is 388 g/mol. The first-order chi connectivity index (χ1) is 14.0. The predicted molar refractivity (Wildman–Crippen MR) is 110 cm³/mol. The fourth-order valence-electron chi connectivity index (χ4n) is 3.56. The van der Waals surface area contributed by atoms with Crippen LogP contribution in [0, 0.1) is 5.92 Å². The topological polar surface area (TPSA) is 85.4 Å². The van der Waals surface area contributed by atoms with Crippen molar-refractivity contribution in [2.45, 2.75) is 29.1 Å². The summed E-state index contributed by atoms with van der Waals surface area (Å²) in [5.41, 5.74) is 1.58. The number of carbonyl (C=O) groups is 1. The van der Waals surface area contributed by atoms with Gasteiger partial charge in [0.2, 0.25) is 9.84 Å². The molecule has 29 heavy (non-hydrogen) atoms. The number of hydrogen-bond acceptors (Lipinski definition) is 6. The van der Waals surface area contributed by atoms with Gasteiger partial charge in [-0.25, -0.2) is 8.42 Å². The predicted octanol–water partition coefficient (Wildman–Crippen LogP) is 3.82. The van der Waals surface area contributed by atoms with Crippen molar-refractivity contribution in [3.8, 4) is 0 Å². The molecule has 6 nitrogen and oxygen atoms in total. The Hall–Kier alpha value is -2.93. The van der Waals surface area contributed by atoms with E-state index in [2.05, 4.69) is 10.3 Å². The highest BCUT2D eigenvalue weighted by Gasteiger charge is 2.21. The average Bonchev–Trinajstić information content (AvgIpc) is 2.74. The van der Waals surface area contributed by atoms with E-state index < -0.39 is 9.84 Å². The molecule has 4 rings (SSSR count). The zero-order valence-electron chi connectivity index (χ0n) is 15.9. The van der Waals surface area contributed by atoms with Gasteiger partial charge in [-0.3, -0.25) is 9.78 Å². The highest BCUT2D eigenvalue weighted by molar-refractivity contribution is 7.91. The van der Waals surface area contributed by atoms with E-state index >= 15 is 0 Å². The number of sulfone groups is 1. The number of nitrogens with zero attached hydrogens (tertiary/aromatic N) is 1. The number of fused-ring (bicyclic) bond motifs is 1. The molecule has 2 aromatic carbocycles. The summed E-state index contributed by atoms with van der Waals surface area (Å²) < 4.78 is 30.7. The SMILES string of the molecule is O=C1CC(CCNc2cccc3cc(S(=O)(=O)c4ccccc4)cnc23)CCO1. The molecule has 1 aliphatic heterocycles. The third kappa shape index (κ3) is 4.24. The summed E-state index contributed by atoms with van der Waals surface area (Å²) in [6.45, 7) is 1.21. The summed E-state index contributed by atoms with van der Waals surface area (Å²) >= 11 is 0. The molecule has 0 amide bonds. The van der Waals surface area contributed by atoms with Crippen LogP contribution in [0.5, 0.6) is 0 Å². The van der Waals surface area contributed by atoms with Crippen LogP contribution in [0.4, 0.5) is 5.69 Å². The van der Waals surface area contributed by atoms with Gasteiger partial charge in [0, 0.05) is 24.5 Å². The lowest BCUT2D eigenvalue weighted by Gasteiger charge is -2.21. The molecule has 150 valence electrons. The number of hydrogen-bond donors (Lipinski definition) is 1. The van der Waals surface area contributed by atoms with E-state index in [0.717, 1.165) is 29.4 Å². The summed E-state index contributed by atoms with van der Waals surface area (Å²) in [5, 5.41) is 4.13. The number of ether oxygens (including phenoxy) is 1. The molecule has 7 heteroatoms. The number of nitrogens with one attached hydrogen (secondary N) is 1. The maximum Gasteiger partial charge on any atom is 0.306 e. The van der Waals surface area contributed by atoms with E-state index in [1.54, 1.807) is 36.4 Å². The van der Waals surface area contributed by atoms with Crippen molar-refractivity contribution < 1.29 is 17.9 Å². The number of aromatic nitrogens is 1. The number of anilines is 1. The van der Waals surface area contributed by atoms with Gasteiger partial charge in [-0.2, -0.15) is 0 Å². The van der Waals surface area contributed by atoms with Crippen LogP contribution in [0.25, 0.3) is 10.9 Å². The molecule has 2 heterocycles. The van der Waals surface area contributed by atoms with E-state index in [9.17, 15) is 13.2 Å². The Labute approximate surface area is 169 Å². The van der Waals surface area contributed by atoms with E-state index in [1.165, 1.54) is 6.20 Å². The van der Waals surface area contributed by atoms with Gasteiger partial charge < -0.3 is 10.1 Å². The third-order valence-electron chi connectivity index (χ3n) is 5.16. The molecule has 1 N–H and O–H groups in total. The number of pyridine rings is 1. The summed E-state index contributed by atoms with van der Waals surface area (Å²) in [6.07, 6.45) is 3.64. The minimum Gasteiger partial charge on any atom is -0.466 e. The van der Waals surface area contributed by atoms with E-state index in [0.29, 0.717) is 25.5 Å². The van der Waals surface area contributed by atoms with Crippen molar-refractivity contribution in [2.24, 2.45) is 5.92 Å². The summed E-state index contributed by atoms with van der Waals surface area (Å²) in [5.74, 6) is 0.203. The lowest BCUT2D eigenvalue weighted by atomic mass is 9.96. The zero-order chi connectivity index (χ0) is 20.3. The molecule has 1 fully saturated rings. The van der Waals surface area contributed by atoms with Crippen LogP contribution in [0.15, 0.2) is 70.6 Å². The fourth-order valence-corrected chi connectivity index (χ4v) is 4.82. The Morgan fingerprint density at radius 1 is 1.07 bits per heavy atom. The molecule has 1 unspecified atom stereocenters. The Morgan fingerprint density at radius 3 is 2.69 bits per heavy atom. The second kappa shape index (κ2) is 8.21. The minimum atomic E-state index is -3.61. The van der Waals surface area contributed by atoms with Crippen LogP contribution in [0.3, 0.4) is 0 Å². The van der Waals surface area contributed by atoms with Gasteiger partial charge in [0.05, 0.1) is 27.6 Å². The zero-order valence-corrected chi connectivity index (χ0v) is 16.7. The van der Waals surface area contributed by atoms with Crippen molar-refractivity contribution >= 4 is 32.4 Å². The van der Waals surface area contributed by atoms with E-state index in [-0.39, 0.29) is 15.8 Å². The molecule has 1 atom stereocenters. The first-order valence-corrected chi connectivity index (χ1v) is 11.1. The van der Waals surface area contributed by atoms with Crippen molar-refractivity contribution in [1.29, 1.82) is 0 Å². The number of rotatable bonds is 6. The lowest BCUT2D eigenvalue weighted by molar-refractivity contribution is -0.149. The van der Waals surface area contributed by atoms with Gasteiger partial charge in [0.1, 0.15) is 0 Å². The van der Waals surface area contributed by atoms with Gasteiger partial charge in [0.15, 0.2) is 0 Å². The van der Waals surface area contributed by atoms with Gasteiger partial charge in [-0.15, -0.1) is 0 Å². The largest absolute Gasteiger partial charge is 0.466 e. The quantitative estimate of drug-likeness (QED) is 0.622. The van der Waals surface area contributed by atoms with Crippen LogP contribution in [0.2, 0.25) is 0 Å². The Morgan fingerprint density at radius 2 is 1.90 bits per heavy atom. The molecule has 0 saturated carbocycles. The first kappa shape index (κ1) is 19.4. The molecular formula is C22H22N2O4S. The minimum absolute atomic E-state index is 0.125. The summed E-state index contributed by atoms with van der Waals surface area (Å²) in [7, 11) is -3.61. The highest BCUT2D eigenvalue weighted by atomic mass is 32.2. The fraction of sp³-hybridized carbons (Fsp3) is 0.273. The molecule has 0 radical (unpaired) electrons.